The number of fused-ring (bicyclic) bond motifs is 1. The Kier molecular flexibility index (Phi) is 2.26. The first-order valence-electron chi connectivity index (χ1n) is 5.40. The van der Waals surface area contributed by atoms with Crippen LogP contribution < -0.4 is 5.32 Å². The number of hydrogen-bond acceptors (Lipinski definition) is 2. The van der Waals surface area contributed by atoms with E-state index >= 15 is 0 Å². The van der Waals surface area contributed by atoms with Gasteiger partial charge in [0.1, 0.15) is 0 Å². The van der Waals surface area contributed by atoms with E-state index in [1.165, 1.54) is 36.6 Å². The van der Waals surface area contributed by atoms with Crippen molar-refractivity contribution in [1.82, 2.24) is 5.32 Å². The van der Waals surface area contributed by atoms with Gasteiger partial charge in [-0.3, -0.25) is 0 Å². The molecule has 1 N–H and O–H groups in total. The lowest BCUT2D eigenvalue weighted by atomic mass is 9.92. The Labute approximate surface area is 89.3 Å². The maximum Gasteiger partial charge on any atom is 0.0104 e. The average Bonchev–Trinajstić information content (AvgIpc) is 2.15. The van der Waals surface area contributed by atoms with Crippen molar-refractivity contribution in [3.8, 4) is 0 Å². The summed E-state index contributed by atoms with van der Waals surface area (Å²) in [5.41, 5.74) is 3.13. The molecule has 1 fully saturated rings. The van der Waals surface area contributed by atoms with Gasteiger partial charge in [0.2, 0.25) is 0 Å². The zero-order valence-corrected chi connectivity index (χ0v) is 9.07. The van der Waals surface area contributed by atoms with Gasteiger partial charge < -0.3 is 5.32 Å². The smallest absolute Gasteiger partial charge is 0.0104 e. The summed E-state index contributed by atoms with van der Waals surface area (Å²) < 4.78 is 0. The molecule has 0 atom stereocenters. The number of benzene rings is 1. The van der Waals surface area contributed by atoms with E-state index in [0.29, 0.717) is 0 Å². The molecule has 0 saturated carbocycles. The molecule has 2 heteroatoms. The molecule has 74 valence electrons. The second-order valence-corrected chi connectivity index (χ2v) is 5.31. The summed E-state index contributed by atoms with van der Waals surface area (Å²) in [6.07, 6.45) is 2.64. The molecule has 2 aliphatic heterocycles. The molecule has 1 nitrogen and oxygen atoms in total. The van der Waals surface area contributed by atoms with E-state index in [1.807, 2.05) is 11.8 Å². The average molecular weight is 205 g/mol. The van der Waals surface area contributed by atoms with Crippen molar-refractivity contribution < 1.29 is 0 Å². The molecule has 2 heterocycles. The van der Waals surface area contributed by atoms with Crippen molar-refractivity contribution in [3.05, 3.63) is 29.3 Å². The molecule has 0 amide bonds. The molecular formula is C12H15NS. The molecule has 1 aromatic rings. The molecule has 3 rings (SSSR count). The minimum Gasteiger partial charge on any atom is -0.315 e. The number of aryl methyl sites for hydroxylation is 1. The fraction of sp³-hybridized carbons (Fsp3) is 0.500. The highest BCUT2D eigenvalue weighted by molar-refractivity contribution is 7.99. The van der Waals surface area contributed by atoms with Crippen LogP contribution in [-0.4, -0.2) is 18.8 Å². The highest BCUT2D eigenvalue weighted by Gasteiger charge is 2.20. The highest BCUT2D eigenvalue weighted by Crippen LogP contribution is 2.32. The van der Waals surface area contributed by atoms with Gasteiger partial charge in [-0.25, -0.2) is 0 Å². The second kappa shape index (κ2) is 3.59. The van der Waals surface area contributed by atoms with Gasteiger partial charge in [-0.1, -0.05) is 12.1 Å². The molecule has 0 bridgehead atoms. The third kappa shape index (κ3) is 1.47. The summed E-state index contributed by atoms with van der Waals surface area (Å²) >= 11 is 2.02. The van der Waals surface area contributed by atoms with E-state index in [-0.39, 0.29) is 0 Å². The predicted octanol–water partition coefficient (Wildman–Crippen LogP) is 2.41. The SMILES string of the molecule is c1cc2c(cc1C1CNC1)CCCS2. The van der Waals surface area contributed by atoms with Crippen LogP contribution >= 0.6 is 11.8 Å². The first-order valence-corrected chi connectivity index (χ1v) is 6.38. The van der Waals surface area contributed by atoms with E-state index < -0.39 is 0 Å². The Morgan fingerprint density at radius 3 is 3.00 bits per heavy atom. The lowest BCUT2D eigenvalue weighted by Gasteiger charge is -2.28. The molecule has 0 unspecified atom stereocenters. The summed E-state index contributed by atoms with van der Waals surface area (Å²) in [7, 11) is 0. The zero-order valence-electron chi connectivity index (χ0n) is 8.25. The Morgan fingerprint density at radius 1 is 1.29 bits per heavy atom. The third-order valence-corrected chi connectivity index (χ3v) is 4.39. The van der Waals surface area contributed by atoms with Gasteiger partial charge in [-0.15, -0.1) is 11.8 Å². The van der Waals surface area contributed by atoms with Gasteiger partial charge >= 0.3 is 0 Å². The summed E-state index contributed by atoms with van der Waals surface area (Å²) in [5, 5.41) is 3.33. The van der Waals surface area contributed by atoms with Crippen LogP contribution in [-0.2, 0) is 6.42 Å². The van der Waals surface area contributed by atoms with Gasteiger partial charge in [0.25, 0.3) is 0 Å². The van der Waals surface area contributed by atoms with Gasteiger partial charge in [-0.2, -0.15) is 0 Å². The van der Waals surface area contributed by atoms with E-state index in [4.69, 9.17) is 0 Å². The second-order valence-electron chi connectivity index (χ2n) is 4.17. The Hall–Kier alpha value is -0.470. The fourth-order valence-electron chi connectivity index (χ4n) is 2.16. The summed E-state index contributed by atoms with van der Waals surface area (Å²) in [6.45, 7) is 2.35. The zero-order chi connectivity index (χ0) is 9.38. The van der Waals surface area contributed by atoms with Gasteiger partial charge in [0, 0.05) is 23.9 Å². The quantitative estimate of drug-likeness (QED) is 0.755. The Morgan fingerprint density at radius 2 is 2.21 bits per heavy atom. The highest BCUT2D eigenvalue weighted by atomic mass is 32.2. The topological polar surface area (TPSA) is 12.0 Å². The number of hydrogen-bond donors (Lipinski definition) is 1. The van der Waals surface area contributed by atoms with Crippen LogP contribution in [0.15, 0.2) is 23.1 Å². The van der Waals surface area contributed by atoms with Crippen LogP contribution in [0.1, 0.15) is 23.5 Å². The normalized spacial score (nSPS) is 21.4. The van der Waals surface area contributed by atoms with Crippen LogP contribution in [0, 0.1) is 0 Å². The molecule has 0 spiro atoms. The van der Waals surface area contributed by atoms with Crippen molar-refractivity contribution in [1.29, 1.82) is 0 Å². The van der Waals surface area contributed by atoms with E-state index in [0.717, 1.165) is 5.92 Å². The van der Waals surface area contributed by atoms with Crippen molar-refractivity contribution in [3.63, 3.8) is 0 Å². The molecule has 1 aromatic carbocycles. The Bertz CT molecular complexity index is 344. The van der Waals surface area contributed by atoms with Crippen molar-refractivity contribution in [2.45, 2.75) is 23.7 Å². The first kappa shape index (κ1) is 8.81. The van der Waals surface area contributed by atoms with E-state index in [2.05, 4.69) is 23.5 Å². The summed E-state index contributed by atoms with van der Waals surface area (Å²) in [4.78, 5) is 1.52. The maximum absolute atomic E-state index is 3.33. The minimum absolute atomic E-state index is 0.784. The van der Waals surface area contributed by atoms with Crippen molar-refractivity contribution in [2.75, 3.05) is 18.8 Å². The molecule has 0 radical (unpaired) electrons. The van der Waals surface area contributed by atoms with Gasteiger partial charge in [0.05, 0.1) is 0 Å². The number of rotatable bonds is 1. The Balaban J connectivity index is 1.92. The van der Waals surface area contributed by atoms with Crippen molar-refractivity contribution >= 4 is 11.8 Å². The van der Waals surface area contributed by atoms with E-state index in [9.17, 15) is 0 Å². The van der Waals surface area contributed by atoms with Crippen LogP contribution in [0.2, 0.25) is 0 Å². The van der Waals surface area contributed by atoms with Crippen molar-refractivity contribution in [2.24, 2.45) is 0 Å². The van der Waals surface area contributed by atoms with Gasteiger partial charge in [-0.05, 0) is 35.8 Å². The fourth-order valence-corrected chi connectivity index (χ4v) is 3.18. The third-order valence-electron chi connectivity index (χ3n) is 3.19. The van der Waals surface area contributed by atoms with Crippen LogP contribution in [0.5, 0.6) is 0 Å². The maximum atomic E-state index is 3.33. The summed E-state index contributed by atoms with van der Waals surface area (Å²) in [5.74, 6) is 2.09. The molecule has 0 aromatic heterocycles. The predicted molar refractivity (Wildman–Crippen MR) is 61.1 cm³/mol. The summed E-state index contributed by atoms with van der Waals surface area (Å²) in [6, 6.07) is 7.09. The monoisotopic (exact) mass is 205 g/mol. The standard InChI is InChI=1S/C12H15NS/c1-2-10-6-9(11-7-13-8-11)3-4-12(10)14-5-1/h3-4,6,11,13H,1-2,5,7-8H2. The van der Waals surface area contributed by atoms with Crippen LogP contribution in [0.3, 0.4) is 0 Å². The molecular weight excluding hydrogens is 190 g/mol. The van der Waals surface area contributed by atoms with Crippen LogP contribution in [0.25, 0.3) is 0 Å². The van der Waals surface area contributed by atoms with Gasteiger partial charge in [0.15, 0.2) is 0 Å². The lowest BCUT2D eigenvalue weighted by Crippen LogP contribution is -2.39. The van der Waals surface area contributed by atoms with E-state index in [1.54, 1.807) is 11.1 Å². The minimum atomic E-state index is 0.784. The van der Waals surface area contributed by atoms with Crippen LogP contribution in [0.4, 0.5) is 0 Å². The largest absolute Gasteiger partial charge is 0.315 e. The molecule has 14 heavy (non-hydrogen) atoms. The lowest BCUT2D eigenvalue weighted by molar-refractivity contribution is 0.448. The first-order chi connectivity index (χ1) is 6.93. The number of thioether (sulfide) groups is 1. The molecule has 1 saturated heterocycles. The molecule has 0 aliphatic carbocycles. The molecule has 2 aliphatic rings. The number of nitrogens with one attached hydrogen (secondary N) is 1.